The zero-order valence-corrected chi connectivity index (χ0v) is 17.1. The van der Waals surface area contributed by atoms with Crippen molar-refractivity contribution in [2.24, 2.45) is 0 Å². The van der Waals surface area contributed by atoms with Crippen molar-refractivity contribution >= 4 is 11.0 Å². The van der Waals surface area contributed by atoms with E-state index in [9.17, 15) is 0 Å². The van der Waals surface area contributed by atoms with E-state index in [0.717, 1.165) is 45.3 Å². The molecule has 2 aromatic carbocycles. The Kier molecular flexibility index (Phi) is 4.53. The number of nitrogens with one attached hydrogen (secondary N) is 1. The van der Waals surface area contributed by atoms with Crippen LogP contribution >= 0.6 is 0 Å². The average molecular weight is 409 g/mol. The summed E-state index contributed by atoms with van der Waals surface area (Å²) in [5.41, 5.74) is 6.15. The zero-order valence-electron chi connectivity index (χ0n) is 17.1. The van der Waals surface area contributed by atoms with Gasteiger partial charge in [0.25, 0.3) is 0 Å². The molecule has 7 nitrogen and oxygen atoms in total. The van der Waals surface area contributed by atoms with Crippen molar-refractivity contribution in [2.75, 3.05) is 0 Å². The first-order valence-electron chi connectivity index (χ1n) is 9.84. The number of nitrogens with zero attached hydrogens (tertiary/aromatic N) is 4. The zero-order chi connectivity index (χ0) is 21.4. The summed E-state index contributed by atoms with van der Waals surface area (Å²) in [7, 11) is 0. The van der Waals surface area contributed by atoms with Crippen LogP contribution in [0.15, 0.2) is 65.3 Å². The molecule has 0 amide bonds. The number of rotatable bonds is 5. The monoisotopic (exact) mass is 409 g/mol. The Balaban J connectivity index is 1.46. The molecule has 0 aliphatic carbocycles. The smallest absolute Gasteiger partial charge is 0.152 e. The third-order valence-electron chi connectivity index (χ3n) is 5.12. The van der Waals surface area contributed by atoms with Crippen LogP contribution in [0.4, 0.5) is 0 Å². The molecule has 3 aromatic heterocycles. The summed E-state index contributed by atoms with van der Waals surface area (Å²) in [6.45, 7) is 4.30. The van der Waals surface area contributed by atoms with Gasteiger partial charge in [-0.2, -0.15) is 10.4 Å². The Hall–Kier alpha value is -4.31. The number of H-pyrrole nitrogens is 1. The van der Waals surface area contributed by atoms with Gasteiger partial charge in [-0.25, -0.2) is 9.67 Å². The minimum absolute atomic E-state index is 0.299. The van der Waals surface area contributed by atoms with Gasteiger partial charge in [0.05, 0.1) is 40.3 Å². The van der Waals surface area contributed by atoms with E-state index in [1.54, 1.807) is 30.5 Å². The number of fused-ring (bicyclic) bond motifs is 1. The fraction of sp³-hybridized carbons (Fsp3) is 0.125. The molecule has 5 aromatic rings. The van der Waals surface area contributed by atoms with Gasteiger partial charge in [0.1, 0.15) is 23.9 Å². The Morgan fingerprint density at radius 2 is 1.97 bits per heavy atom. The number of aryl methyl sites for hydroxylation is 2. The number of aromatic amines is 1. The molecule has 0 fully saturated rings. The van der Waals surface area contributed by atoms with Crippen molar-refractivity contribution in [3.63, 3.8) is 0 Å². The highest BCUT2D eigenvalue weighted by atomic mass is 16.5. The number of imidazole rings is 1. The lowest BCUT2D eigenvalue weighted by molar-refractivity contribution is 0.297. The van der Waals surface area contributed by atoms with E-state index in [4.69, 9.17) is 19.4 Å². The largest absolute Gasteiger partial charge is 0.486 e. The van der Waals surface area contributed by atoms with E-state index < -0.39 is 0 Å². The summed E-state index contributed by atoms with van der Waals surface area (Å²) in [6, 6.07) is 18.9. The normalized spacial score (nSPS) is 11.0. The molecule has 1 N–H and O–H groups in total. The molecule has 0 aliphatic rings. The second-order valence-corrected chi connectivity index (χ2v) is 7.27. The maximum atomic E-state index is 8.90. The summed E-state index contributed by atoms with van der Waals surface area (Å²) < 4.78 is 13.3. The number of aromatic nitrogens is 4. The van der Waals surface area contributed by atoms with E-state index in [1.807, 2.05) is 48.9 Å². The van der Waals surface area contributed by atoms with Gasteiger partial charge < -0.3 is 14.1 Å². The van der Waals surface area contributed by atoms with E-state index >= 15 is 0 Å². The van der Waals surface area contributed by atoms with Crippen LogP contribution in [-0.4, -0.2) is 19.7 Å². The van der Waals surface area contributed by atoms with Gasteiger partial charge in [0.2, 0.25) is 0 Å². The van der Waals surface area contributed by atoms with Crippen molar-refractivity contribution in [3.05, 3.63) is 83.5 Å². The van der Waals surface area contributed by atoms with E-state index in [2.05, 4.69) is 16.2 Å². The van der Waals surface area contributed by atoms with Gasteiger partial charge in [0, 0.05) is 5.56 Å². The highest BCUT2D eigenvalue weighted by molar-refractivity contribution is 5.82. The Labute approximate surface area is 178 Å². The fourth-order valence-corrected chi connectivity index (χ4v) is 3.61. The van der Waals surface area contributed by atoms with Crippen LogP contribution in [0.1, 0.15) is 22.6 Å². The van der Waals surface area contributed by atoms with Crippen LogP contribution in [0.25, 0.3) is 28.2 Å². The maximum absolute atomic E-state index is 8.90. The number of ether oxygens (including phenoxy) is 1. The average Bonchev–Trinajstić information content (AvgIpc) is 3.52. The molecular weight excluding hydrogens is 390 g/mol. The summed E-state index contributed by atoms with van der Waals surface area (Å²) >= 11 is 0. The number of hydrogen-bond acceptors (Lipinski definition) is 5. The molecule has 0 atom stereocenters. The van der Waals surface area contributed by atoms with E-state index in [0.29, 0.717) is 17.9 Å². The van der Waals surface area contributed by atoms with Crippen molar-refractivity contribution in [1.82, 2.24) is 19.7 Å². The molecular formula is C24H19N5O2. The lowest BCUT2D eigenvalue weighted by atomic mass is 10.1. The second kappa shape index (κ2) is 7.50. The van der Waals surface area contributed by atoms with Crippen LogP contribution in [0.2, 0.25) is 0 Å². The van der Waals surface area contributed by atoms with E-state index in [1.165, 1.54) is 0 Å². The topological polar surface area (TPSA) is 92.7 Å². The molecule has 0 radical (unpaired) electrons. The van der Waals surface area contributed by atoms with Gasteiger partial charge in [0.15, 0.2) is 5.76 Å². The molecule has 3 heterocycles. The Morgan fingerprint density at radius 3 is 2.71 bits per heavy atom. The molecule has 31 heavy (non-hydrogen) atoms. The standard InChI is InChI=1S/C24H19N5O2/c1-15-12-21(22-4-3-11-30-22)29(28-15)20-10-9-19-24(16(20)2)27-23(26-19)14-31-18-7-5-17(13-25)6-8-18/h3-12H,14H2,1-2H3,(H,26,27). The summed E-state index contributed by atoms with van der Waals surface area (Å²) in [5.74, 6) is 2.17. The Morgan fingerprint density at radius 1 is 1.13 bits per heavy atom. The summed E-state index contributed by atoms with van der Waals surface area (Å²) in [4.78, 5) is 8.07. The quantitative estimate of drug-likeness (QED) is 0.437. The SMILES string of the molecule is Cc1cc(-c2ccco2)n(-c2ccc3[nH]c(COc4ccc(C#N)cc4)nc3c2C)n1. The van der Waals surface area contributed by atoms with Crippen LogP contribution in [0.5, 0.6) is 5.75 Å². The van der Waals surface area contributed by atoms with Crippen LogP contribution in [0.3, 0.4) is 0 Å². The third kappa shape index (κ3) is 3.45. The molecule has 0 spiro atoms. The minimum atomic E-state index is 0.299. The van der Waals surface area contributed by atoms with Crippen molar-refractivity contribution < 1.29 is 9.15 Å². The van der Waals surface area contributed by atoms with Gasteiger partial charge in [-0.15, -0.1) is 0 Å². The Bertz CT molecular complexity index is 1400. The lowest BCUT2D eigenvalue weighted by Gasteiger charge is -2.09. The van der Waals surface area contributed by atoms with Crippen LogP contribution < -0.4 is 4.74 Å². The first kappa shape index (κ1) is 18.7. The molecule has 152 valence electrons. The van der Waals surface area contributed by atoms with Crippen molar-refractivity contribution in [3.8, 4) is 29.0 Å². The number of furan rings is 1. The first-order valence-corrected chi connectivity index (χ1v) is 9.84. The highest BCUT2D eigenvalue weighted by Gasteiger charge is 2.16. The third-order valence-corrected chi connectivity index (χ3v) is 5.12. The molecule has 0 saturated carbocycles. The summed E-state index contributed by atoms with van der Waals surface area (Å²) in [5, 5.41) is 13.6. The lowest BCUT2D eigenvalue weighted by Crippen LogP contribution is -2.02. The summed E-state index contributed by atoms with van der Waals surface area (Å²) in [6.07, 6.45) is 1.66. The van der Waals surface area contributed by atoms with Crippen molar-refractivity contribution in [1.29, 1.82) is 5.26 Å². The van der Waals surface area contributed by atoms with Gasteiger partial charge in [-0.05, 0) is 68.4 Å². The molecule has 5 rings (SSSR count). The molecule has 7 heteroatoms. The van der Waals surface area contributed by atoms with Crippen molar-refractivity contribution in [2.45, 2.75) is 20.5 Å². The van der Waals surface area contributed by atoms with Crippen LogP contribution in [-0.2, 0) is 6.61 Å². The predicted octanol–water partition coefficient (Wildman–Crippen LogP) is 5.08. The molecule has 0 bridgehead atoms. The molecule has 0 saturated heterocycles. The fourth-order valence-electron chi connectivity index (χ4n) is 3.61. The number of hydrogen-bond donors (Lipinski definition) is 1. The number of benzene rings is 2. The van der Waals surface area contributed by atoms with Gasteiger partial charge in [-0.1, -0.05) is 0 Å². The molecule has 0 unspecified atom stereocenters. The highest BCUT2D eigenvalue weighted by Crippen LogP contribution is 2.29. The second-order valence-electron chi connectivity index (χ2n) is 7.27. The van der Waals surface area contributed by atoms with Gasteiger partial charge in [-0.3, -0.25) is 0 Å². The maximum Gasteiger partial charge on any atom is 0.152 e. The first-order chi connectivity index (χ1) is 15.1. The van der Waals surface area contributed by atoms with E-state index in [-0.39, 0.29) is 0 Å². The predicted molar refractivity (Wildman–Crippen MR) is 116 cm³/mol. The van der Waals surface area contributed by atoms with Crippen LogP contribution in [0, 0.1) is 25.2 Å². The minimum Gasteiger partial charge on any atom is -0.486 e. The number of nitriles is 1. The molecule has 0 aliphatic heterocycles. The van der Waals surface area contributed by atoms with Gasteiger partial charge >= 0.3 is 0 Å².